The fourth-order valence-corrected chi connectivity index (χ4v) is 2.01. The Hall–Kier alpha value is -2.10. The Kier molecular flexibility index (Phi) is 10.3. The highest BCUT2D eigenvalue weighted by Crippen LogP contribution is 2.06. The Morgan fingerprint density at radius 3 is 2.40 bits per heavy atom. The number of hydrogen-bond acceptors (Lipinski definition) is 7. The van der Waals surface area contributed by atoms with Crippen molar-refractivity contribution in [3.63, 3.8) is 0 Å². The fourth-order valence-electron chi connectivity index (χ4n) is 2.01. The Morgan fingerprint density at radius 2 is 1.72 bits per heavy atom. The monoisotopic (exact) mass is 356 g/mol. The zero-order valence-electron chi connectivity index (χ0n) is 14.1. The number of imide groups is 1. The number of ketones is 1. The van der Waals surface area contributed by atoms with Crippen molar-refractivity contribution in [2.45, 2.75) is 25.7 Å². The van der Waals surface area contributed by atoms with Gasteiger partial charge in [-0.15, -0.1) is 0 Å². The van der Waals surface area contributed by atoms with E-state index in [1.807, 2.05) is 0 Å². The van der Waals surface area contributed by atoms with E-state index < -0.39 is 0 Å². The lowest BCUT2D eigenvalue weighted by Gasteiger charge is -2.12. The highest BCUT2D eigenvalue weighted by Gasteiger charge is 2.23. The summed E-state index contributed by atoms with van der Waals surface area (Å²) in [5.74, 6) is -1.02. The van der Waals surface area contributed by atoms with Crippen molar-refractivity contribution in [2.24, 2.45) is 0 Å². The topological polar surface area (TPSA) is 122 Å². The number of carbonyl (C=O) groups is 4. The summed E-state index contributed by atoms with van der Waals surface area (Å²) in [5.41, 5.74) is 0. The first-order chi connectivity index (χ1) is 12.0. The van der Waals surface area contributed by atoms with Gasteiger partial charge < -0.3 is 19.9 Å². The van der Waals surface area contributed by atoms with Crippen LogP contribution in [0, 0.1) is 0 Å². The molecule has 3 amide bonds. The third-order valence-electron chi connectivity index (χ3n) is 3.33. The molecule has 0 aromatic carbocycles. The quantitative estimate of drug-likeness (QED) is 0.236. The third-order valence-corrected chi connectivity index (χ3v) is 3.33. The van der Waals surface area contributed by atoms with E-state index in [2.05, 4.69) is 5.32 Å². The molecule has 0 aromatic heterocycles. The molecule has 0 spiro atoms. The van der Waals surface area contributed by atoms with Gasteiger partial charge in [-0.25, -0.2) is 0 Å². The van der Waals surface area contributed by atoms with E-state index in [1.54, 1.807) is 0 Å². The predicted octanol–water partition coefficient (Wildman–Crippen LogP) is -0.860. The van der Waals surface area contributed by atoms with Gasteiger partial charge in [0.15, 0.2) is 0 Å². The molecule has 0 aliphatic carbocycles. The van der Waals surface area contributed by atoms with E-state index in [0.717, 1.165) is 4.90 Å². The summed E-state index contributed by atoms with van der Waals surface area (Å²) in [5, 5.41) is 11.0. The van der Waals surface area contributed by atoms with Crippen LogP contribution in [0.15, 0.2) is 12.2 Å². The molecule has 9 nitrogen and oxygen atoms in total. The minimum absolute atomic E-state index is 0.0317. The van der Waals surface area contributed by atoms with Crippen LogP contribution in [0.4, 0.5) is 0 Å². The SMILES string of the molecule is O=C(CCCOCOCCC(=O)NCCO)CCN1C(=O)C=CC1=O. The molecule has 0 saturated carbocycles. The Bertz CT molecular complexity index is 487. The molecule has 0 unspecified atom stereocenters. The fraction of sp³-hybridized carbons (Fsp3) is 0.625. The Balaban J connectivity index is 1.92. The average molecular weight is 356 g/mol. The van der Waals surface area contributed by atoms with Crippen LogP contribution in [0.2, 0.25) is 0 Å². The molecule has 1 aliphatic heterocycles. The maximum atomic E-state index is 11.7. The van der Waals surface area contributed by atoms with Gasteiger partial charge in [-0.05, 0) is 6.42 Å². The van der Waals surface area contributed by atoms with Gasteiger partial charge >= 0.3 is 0 Å². The summed E-state index contributed by atoms with van der Waals surface area (Å²) < 4.78 is 10.3. The van der Waals surface area contributed by atoms with Gasteiger partial charge in [0.25, 0.3) is 11.8 Å². The van der Waals surface area contributed by atoms with Crippen molar-refractivity contribution < 1.29 is 33.8 Å². The maximum absolute atomic E-state index is 11.7. The van der Waals surface area contributed by atoms with E-state index >= 15 is 0 Å². The predicted molar refractivity (Wildman–Crippen MR) is 86.2 cm³/mol. The van der Waals surface area contributed by atoms with Gasteiger partial charge in [0.1, 0.15) is 12.6 Å². The molecule has 25 heavy (non-hydrogen) atoms. The van der Waals surface area contributed by atoms with E-state index in [1.165, 1.54) is 12.2 Å². The first kappa shape index (κ1) is 20.9. The van der Waals surface area contributed by atoms with E-state index in [0.29, 0.717) is 19.4 Å². The van der Waals surface area contributed by atoms with Gasteiger partial charge in [-0.2, -0.15) is 0 Å². The van der Waals surface area contributed by atoms with Crippen LogP contribution >= 0.6 is 0 Å². The average Bonchev–Trinajstić information content (AvgIpc) is 2.91. The standard InChI is InChI=1S/C16H24N2O7/c19-9-7-17-14(21)6-11-25-12-24-10-1-2-13(20)5-8-18-15(22)3-4-16(18)23/h3-4,19H,1-2,5-12H2,(H,17,21). The van der Waals surface area contributed by atoms with Gasteiger partial charge in [0.2, 0.25) is 5.91 Å². The number of Topliss-reactive ketones (excluding diaryl/α,β-unsaturated/α-hetero) is 1. The van der Waals surface area contributed by atoms with Gasteiger partial charge in [-0.3, -0.25) is 24.1 Å². The molecular formula is C16H24N2O7. The van der Waals surface area contributed by atoms with Crippen LogP contribution < -0.4 is 5.32 Å². The van der Waals surface area contributed by atoms with Crippen molar-refractivity contribution in [2.75, 3.05) is 39.7 Å². The lowest BCUT2D eigenvalue weighted by atomic mass is 10.1. The van der Waals surface area contributed by atoms with Crippen molar-refractivity contribution in [3.8, 4) is 0 Å². The zero-order chi connectivity index (χ0) is 18.5. The number of nitrogens with one attached hydrogen (secondary N) is 1. The molecule has 1 aliphatic rings. The van der Waals surface area contributed by atoms with Crippen molar-refractivity contribution in [3.05, 3.63) is 12.2 Å². The molecule has 0 radical (unpaired) electrons. The normalized spacial score (nSPS) is 13.6. The van der Waals surface area contributed by atoms with E-state index in [9.17, 15) is 19.2 Å². The molecule has 0 saturated heterocycles. The van der Waals surface area contributed by atoms with E-state index in [-0.39, 0.29) is 69.4 Å². The third kappa shape index (κ3) is 9.08. The second-order valence-corrected chi connectivity index (χ2v) is 5.31. The first-order valence-corrected chi connectivity index (χ1v) is 8.13. The number of hydrogen-bond donors (Lipinski definition) is 2. The lowest BCUT2D eigenvalue weighted by Crippen LogP contribution is -2.32. The number of carbonyl (C=O) groups excluding carboxylic acids is 4. The number of amides is 3. The molecule has 0 aromatic rings. The summed E-state index contributed by atoms with van der Waals surface area (Å²) in [6, 6.07) is 0. The number of ether oxygens (including phenoxy) is 2. The summed E-state index contributed by atoms with van der Waals surface area (Å²) >= 11 is 0. The first-order valence-electron chi connectivity index (χ1n) is 8.13. The molecule has 1 heterocycles. The largest absolute Gasteiger partial charge is 0.395 e. The lowest BCUT2D eigenvalue weighted by molar-refractivity contribution is -0.137. The van der Waals surface area contributed by atoms with Crippen molar-refractivity contribution in [1.82, 2.24) is 10.2 Å². The van der Waals surface area contributed by atoms with Gasteiger partial charge in [0, 0.05) is 44.7 Å². The number of aliphatic hydroxyl groups excluding tert-OH is 1. The molecule has 0 bridgehead atoms. The summed E-state index contributed by atoms with van der Waals surface area (Å²) in [6.07, 6.45) is 3.52. The minimum atomic E-state index is -0.386. The van der Waals surface area contributed by atoms with Crippen molar-refractivity contribution in [1.29, 1.82) is 0 Å². The van der Waals surface area contributed by atoms with Crippen LogP contribution in [0.3, 0.4) is 0 Å². The molecular weight excluding hydrogens is 332 g/mol. The zero-order valence-corrected chi connectivity index (χ0v) is 14.1. The molecule has 9 heteroatoms. The molecule has 140 valence electrons. The van der Waals surface area contributed by atoms with Gasteiger partial charge in [0.05, 0.1) is 19.6 Å². The van der Waals surface area contributed by atoms with Crippen LogP contribution in [0.25, 0.3) is 0 Å². The highest BCUT2D eigenvalue weighted by molar-refractivity contribution is 6.13. The Labute approximate surface area is 145 Å². The summed E-state index contributed by atoms with van der Waals surface area (Å²) in [6.45, 7) is 0.805. The molecule has 0 fully saturated rings. The smallest absolute Gasteiger partial charge is 0.253 e. The second-order valence-electron chi connectivity index (χ2n) is 5.31. The van der Waals surface area contributed by atoms with Crippen LogP contribution in [-0.2, 0) is 28.7 Å². The Morgan fingerprint density at radius 1 is 1.04 bits per heavy atom. The number of aliphatic hydroxyl groups is 1. The van der Waals surface area contributed by atoms with Crippen LogP contribution in [0.5, 0.6) is 0 Å². The van der Waals surface area contributed by atoms with E-state index in [4.69, 9.17) is 14.6 Å². The summed E-state index contributed by atoms with van der Waals surface area (Å²) in [7, 11) is 0. The molecule has 0 atom stereocenters. The molecule has 2 N–H and O–H groups in total. The van der Waals surface area contributed by atoms with Crippen molar-refractivity contribution >= 4 is 23.5 Å². The van der Waals surface area contributed by atoms with Crippen LogP contribution in [0.1, 0.15) is 25.7 Å². The summed E-state index contributed by atoms with van der Waals surface area (Å²) in [4.78, 5) is 46.5. The van der Waals surface area contributed by atoms with Gasteiger partial charge in [-0.1, -0.05) is 0 Å². The maximum Gasteiger partial charge on any atom is 0.253 e. The number of rotatable bonds is 14. The van der Waals surface area contributed by atoms with Crippen LogP contribution in [-0.4, -0.2) is 73.2 Å². The number of nitrogens with zero attached hydrogens (tertiary/aromatic N) is 1. The minimum Gasteiger partial charge on any atom is -0.395 e. The highest BCUT2D eigenvalue weighted by atomic mass is 16.7. The molecule has 1 rings (SSSR count). The second kappa shape index (κ2) is 12.3.